The molecule has 0 N–H and O–H groups in total. The first-order chi connectivity index (χ1) is 9.70. The molecule has 0 bridgehead atoms. The summed E-state index contributed by atoms with van der Waals surface area (Å²) in [5, 5.41) is 0. The van der Waals surface area contributed by atoms with Gasteiger partial charge in [0.15, 0.2) is 5.76 Å². The van der Waals surface area contributed by atoms with Crippen molar-refractivity contribution in [3.63, 3.8) is 0 Å². The van der Waals surface area contributed by atoms with Gasteiger partial charge in [0.05, 0.1) is 12.2 Å². The Bertz CT molecular complexity index is 523. The van der Waals surface area contributed by atoms with Crippen molar-refractivity contribution in [3.05, 3.63) is 36.8 Å². The first-order valence-corrected chi connectivity index (χ1v) is 6.93. The monoisotopic (exact) mass is 274 g/mol. The van der Waals surface area contributed by atoms with Gasteiger partial charge in [0.1, 0.15) is 0 Å². The van der Waals surface area contributed by atoms with Gasteiger partial charge in [0, 0.05) is 26.2 Å². The molecule has 2 saturated heterocycles. The maximum absolute atomic E-state index is 12.4. The lowest BCUT2D eigenvalue weighted by Crippen LogP contribution is -2.45. The highest BCUT2D eigenvalue weighted by Gasteiger charge is 2.44. The molecule has 2 fully saturated rings. The van der Waals surface area contributed by atoms with E-state index >= 15 is 0 Å². The Morgan fingerprint density at radius 1 is 1.50 bits per heavy atom. The van der Waals surface area contributed by atoms with Crippen molar-refractivity contribution in [1.82, 2.24) is 9.80 Å². The summed E-state index contributed by atoms with van der Waals surface area (Å²) in [4.78, 5) is 28.2. The second kappa shape index (κ2) is 5.15. The van der Waals surface area contributed by atoms with Crippen LogP contribution in [0.2, 0.25) is 0 Å². The van der Waals surface area contributed by atoms with E-state index in [0.717, 1.165) is 13.0 Å². The summed E-state index contributed by atoms with van der Waals surface area (Å²) in [5.74, 6) is 0.590. The maximum atomic E-state index is 12.4. The van der Waals surface area contributed by atoms with E-state index in [2.05, 4.69) is 6.58 Å². The Morgan fingerprint density at radius 3 is 3.05 bits per heavy atom. The minimum absolute atomic E-state index is 0.0670. The molecule has 1 aromatic rings. The summed E-state index contributed by atoms with van der Waals surface area (Å²) in [6, 6.07) is 3.36. The second-order valence-electron chi connectivity index (χ2n) is 5.42. The van der Waals surface area contributed by atoms with Crippen molar-refractivity contribution >= 4 is 11.8 Å². The molecule has 106 valence electrons. The third-order valence-corrected chi connectivity index (χ3v) is 4.21. The molecule has 2 aliphatic rings. The van der Waals surface area contributed by atoms with Crippen LogP contribution in [0.4, 0.5) is 0 Å². The number of nitrogens with zero attached hydrogens (tertiary/aromatic N) is 2. The van der Waals surface area contributed by atoms with E-state index in [1.54, 1.807) is 23.1 Å². The fourth-order valence-electron chi connectivity index (χ4n) is 3.17. The van der Waals surface area contributed by atoms with Gasteiger partial charge in [-0.2, -0.15) is 0 Å². The zero-order valence-electron chi connectivity index (χ0n) is 11.3. The predicted octanol–water partition coefficient (Wildman–Crippen LogP) is 1.39. The van der Waals surface area contributed by atoms with Crippen molar-refractivity contribution < 1.29 is 14.0 Å². The Labute approximate surface area is 117 Å². The van der Waals surface area contributed by atoms with Crippen LogP contribution < -0.4 is 0 Å². The molecule has 20 heavy (non-hydrogen) atoms. The van der Waals surface area contributed by atoms with Crippen LogP contribution >= 0.6 is 0 Å². The molecule has 0 spiro atoms. The molecule has 0 radical (unpaired) electrons. The van der Waals surface area contributed by atoms with E-state index in [-0.39, 0.29) is 23.7 Å². The Kier molecular flexibility index (Phi) is 3.34. The van der Waals surface area contributed by atoms with Crippen molar-refractivity contribution in [2.75, 3.05) is 26.2 Å². The zero-order chi connectivity index (χ0) is 14.1. The minimum atomic E-state index is -0.118. The zero-order valence-corrected chi connectivity index (χ0v) is 11.3. The topological polar surface area (TPSA) is 53.8 Å². The third kappa shape index (κ3) is 2.13. The fraction of sp³-hybridized carbons (Fsp3) is 0.467. The normalized spacial score (nSPS) is 25.7. The van der Waals surface area contributed by atoms with Gasteiger partial charge in [-0.3, -0.25) is 9.59 Å². The SMILES string of the molecule is C=CCN1CCC2CN(C(=O)c3ccco3)CC2C1=O. The highest BCUT2D eigenvalue weighted by Crippen LogP contribution is 2.32. The molecule has 2 atom stereocenters. The molecular weight excluding hydrogens is 256 g/mol. The quantitative estimate of drug-likeness (QED) is 0.783. The number of likely N-dealkylation sites (tertiary alicyclic amines) is 2. The van der Waals surface area contributed by atoms with Crippen LogP contribution in [0.5, 0.6) is 0 Å². The van der Waals surface area contributed by atoms with Crippen LogP contribution in [0.3, 0.4) is 0 Å². The molecule has 5 nitrogen and oxygen atoms in total. The van der Waals surface area contributed by atoms with Gasteiger partial charge in [-0.1, -0.05) is 6.08 Å². The van der Waals surface area contributed by atoms with Crippen LogP contribution in [0.1, 0.15) is 17.0 Å². The lowest BCUT2D eigenvalue weighted by Gasteiger charge is -2.32. The van der Waals surface area contributed by atoms with Crippen LogP contribution in [-0.2, 0) is 4.79 Å². The minimum Gasteiger partial charge on any atom is -0.459 e. The third-order valence-electron chi connectivity index (χ3n) is 4.21. The number of carbonyl (C=O) groups is 2. The van der Waals surface area contributed by atoms with Crippen molar-refractivity contribution in [2.45, 2.75) is 6.42 Å². The van der Waals surface area contributed by atoms with Crippen LogP contribution in [0, 0.1) is 11.8 Å². The summed E-state index contributed by atoms with van der Waals surface area (Å²) in [6.07, 6.45) is 4.19. The van der Waals surface area contributed by atoms with E-state index in [0.29, 0.717) is 25.4 Å². The van der Waals surface area contributed by atoms with Gasteiger partial charge in [-0.05, 0) is 24.5 Å². The number of rotatable bonds is 3. The largest absolute Gasteiger partial charge is 0.459 e. The summed E-state index contributed by atoms with van der Waals surface area (Å²) in [6.45, 7) is 6.18. The van der Waals surface area contributed by atoms with Crippen LogP contribution in [-0.4, -0.2) is 47.8 Å². The van der Waals surface area contributed by atoms with Gasteiger partial charge in [0.2, 0.25) is 5.91 Å². The smallest absolute Gasteiger partial charge is 0.289 e. The van der Waals surface area contributed by atoms with Crippen molar-refractivity contribution in [3.8, 4) is 0 Å². The molecular formula is C15H18N2O3. The first kappa shape index (κ1) is 13.0. The van der Waals surface area contributed by atoms with E-state index < -0.39 is 0 Å². The van der Waals surface area contributed by atoms with E-state index in [1.807, 2.05) is 4.90 Å². The summed E-state index contributed by atoms with van der Waals surface area (Å²) in [7, 11) is 0. The first-order valence-electron chi connectivity index (χ1n) is 6.93. The standard InChI is InChI=1S/C15H18N2O3/c1-2-6-16-7-5-11-9-17(10-12(11)14(16)18)15(19)13-4-3-8-20-13/h2-4,8,11-12H,1,5-7,9-10H2. The highest BCUT2D eigenvalue weighted by molar-refractivity contribution is 5.92. The number of hydrogen-bond acceptors (Lipinski definition) is 3. The molecule has 2 amide bonds. The fourth-order valence-corrected chi connectivity index (χ4v) is 3.17. The van der Waals surface area contributed by atoms with E-state index in [9.17, 15) is 9.59 Å². The number of fused-ring (bicyclic) bond motifs is 1. The highest BCUT2D eigenvalue weighted by atomic mass is 16.3. The van der Waals surface area contributed by atoms with Gasteiger partial charge in [-0.25, -0.2) is 0 Å². The van der Waals surface area contributed by atoms with Gasteiger partial charge >= 0.3 is 0 Å². The predicted molar refractivity (Wildman–Crippen MR) is 73.0 cm³/mol. The van der Waals surface area contributed by atoms with E-state index in [4.69, 9.17) is 4.42 Å². The Balaban J connectivity index is 1.71. The molecule has 0 aliphatic carbocycles. The summed E-state index contributed by atoms with van der Waals surface area (Å²) >= 11 is 0. The molecule has 1 aromatic heterocycles. The number of amides is 2. The maximum Gasteiger partial charge on any atom is 0.289 e. The molecule has 3 heterocycles. The van der Waals surface area contributed by atoms with Crippen LogP contribution in [0.25, 0.3) is 0 Å². The Hall–Kier alpha value is -2.04. The van der Waals surface area contributed by atoms with Gasteiger partial charge in [-0.15, -0.1) is 6.58 Å². The average molecular weight is 274 g/mol. The van der Waals surface area contributed by atoms with Crippen molar-refractivity contribution in [2.24, 2.45) is 11.8 Å². The summed E-state index contributed by atoms with van der Waals surface area (Å²) < 4.78 is 5.15. The molecule has 5 heteroatoms. The number of piperidine rings is 1. The lowest BCUT2D eigenvalue weighted by molar-refractivity contribution is -0.138. The molecule has 0 saturated carbocycles. The lowest BCUT2D eigenvalue weighted by atomic mass is 9.88. The number of furan rings is 1. The second-order valence-corrected chi connectivity index (χ2v) is 5.42. The van der Waals surface area contributed by atoms with Gasteiger partial charge < -0.3 is 14.2 Å². The molecule has 2 aliphatic heterocycles. The van der Waals surface area contributed by atoms with Crippen LogP contribution in [0.15, 0.2) is 35.5 Å². The molecule has 0 aromatic carbocycles. The Morgan fingerprint density at radius 2 is 2.35 bits per heavy atom. The molecule has 3 rings (SSSR count). The summed E-state index contributed by atoms with van der Waals surface area (Å²) in [5.41, 5.74) is 0. The average Bonchev–Trinajstić information content (AvgIpc) is 3.10. The molecule has 2 unspecified atom stereocenters. The number of hydrogen-bond donors (Lipinski definition) is 0. The van der Waals surface area contributed by atoms with Crippen molar-refractivity contribution in [1.29, 1.82) is 0 Å². The van der Waals surface area contributed by atoms with E-state index in [1.165, 1.54) is 6.26 Å². The number of carbonyl (C=O) groups excluding carboxylic acids is 2. The van der Waals surface area contributed by atoms with Gasteiger partial charge in [0.25, 0.3) is 5.91 Å².